The second-order valence-electron chi connectivity index (χ2n) is 5.30. The lowest BCUT2D eigenvalue weighted by Gasteiger charge is -2.27. The fourth-order valence-electron chi connectivity index (χ4n) is 2.74. The average Bonchev–Trinajstić information content (AvgIpc) is 2.97. The van der Waals surface area contributed by atoms with Crippen molar-refractivity contribution in [2.75, 3.05) is 6.54 Å². The maximum absolute atomic E-state index is 12.5. The van der Waals surface area contributed by atoms with Crippen LogP contribution in [0.3, 0.4) is 0 Å². The monoisotopic (exact) mass is 294 g/mol. The van der Waals surface area contributed by atoms with Gasteiger partial charge in [0, 0.05) is 31.3 Å². The second-order valence-corrected chi connectivity index (χ2v) is 5.30. The first-order chi connectivity index (χ1) is 10.8. The summed E-state index contributed by atoms with van der Waals surface area (Å²) in [6.07, 6.45) is 4.10. The Kier molecular flexibility index (Phi) is 3.03. The van der Waals surface area contributed by atoms with Gasteiger partial charge in [-0.25, -0.2) is 14.6 Å². The number of hydrogen-bond donors (Lipinski definition) is 0. The minimum Gasteiger partial charge on any atom is -0.336 e. The number of nitrogens with zero attached hydrogens (tertiary/aromatic N) is 6. The minimum atomic E-state index is 0.0326. The predicted octanol–water partition coefficient (Wildman–Crippen LogP) is 0.806. The number of carbonyl (C=O) groups excluding carboxylic acids is 1. The van der Waals surface area contributed by atoms with E-state index in [1.165, 1.54) is 0 Å². The van der Waals surface area contributed by atoms with Crippen LogP contribution in [-0.2, 0) is 24.3 Å². The topological polar surface area (TPSA) is 76.8 Å². The van der Waals surface area contributed by atoms with Crippen molar-refractivity contribution in [2.45, 2.75) is 19.5 Å². The molecule has 1 aliphatic heterocycles. The molecule has 1 amide bonds. The molecule has 7 nitrogen and oxygen atoms in total. The van der Waals surface area contributed by atoms with Crippen molar-refractivity contribution in [1.29, 1.82) is 0 Å². The summed E-state index contributed by atoms with van der Waals surface area (Å²) >= 11 is 0. The van der Waals surface area contributed by atoms with E-state index in [1.54, 1.807) is 17.2 Å². The summed E-state index contributed by atoms with van der Waals surface area (Å²) in [7, 11) is 0. The van der Waals surface area contributed by atoms with Crippen molar-refractivity contribution in [2.24, 2.45) is 0 Å². The Morgan fingerprint density at radius 1 is 1.27 bits per heavy atom. The summed E-state index contributed by atoms with van der Waals surface area (Å²) in [5.74, 6) is 0.0326. The highest BCUT2D eigenvalue weighted by molar-refractivity contribution is 5.80. The van der Waals surface area contributed by atoms with Crippen LogP contribution < -0.4 is 0 Å². The molecular weight excluding hydrogens is 280 g/mol. The standard InChI is InChI=1S/C15H14N6O/c22-15(9-21-14-4-2-1-3-13(14)18-19-21)20-6-5-12-11(8-20)7-16-10-17-12/h1-4,7,10H,5-6,8-9H2. The first kappa shape index (κ1) is 12.9. The van der Waals surface area contributed by atoms with E-state index in [1.807, 2.05) is 29.2 Å². The molecule has 2 aromatic heterocycles. The molecule has 0 N–H and O–H groups in total. The van der Waals surface area contributed by atoms with Crippen LogP contribution in [0.2, 0.25) is 0 Å². The largest absolute Gasteiger partial charge is 0.336 e. The summed E-state index contributed by atoms with van der Waals surface area (Å²) < 4.78 is 1.65. The smallest absolute Gasteiger partial charge is 0.244 e. The van der Waals surface area contributed by atoms with Gasteiger partial charge in [-0.3, -0.25) is 4.79 Å². The van der Waals surface area contributed by atoms with Crippen LogP contribution in [0, 0.1) is 0 Å². The number of carbonyl (C=O) groups is 1. The van der Waals surface area contributed by atoms with Crippen LogP contribution in [0.25, 0.3) is 11.0 Å². The first-order valence-electron chi connectivity index (χ1n) is 7.15. The Hall–Kier alpha value is -2.83. The minimum absolute atomic E-state index is 0.0326. The van der Waals surface area contributed by atoms with Gasteiger partial charge < -0.3 is 4.90 Å². The first-order valence-corrected chi connectivity index (χ1v) is 7.15. The van der Waals surface area contributed by atoms with Gasteiger partial charge in [-0.1, -0.05) is 17.3 Å². The number of para-hydroxylation sites is 1. The lowest BCUT2D eigenvalue weighted by atomic mass is 10.1. The van der Waals surface area contributed by atoms with Crippen LogP contribution in [0.5, 0.6) is 0 Å². The molecule has 7 heteroatoms. The van der Waals surface area contributed by atoms with E-state index in [0.29, 0.717) is 13.1 Å². The van der Waals surface area contributed by atoms with Gasteiger partial charge in [0.2, 0.25) is 5.91 Å². The van der Waals surface area contributed by atoms with Crippen LogP contribution in [-0.4, -0.2) is 42.3 Å². The number of benzene rings is 1. The Labute approximate surface area is 126 Å². The van der Waals surface area contributed by atoms with Crippen molar-refractivity contribution in [1.82, 2.24) is 29.9 Å². The van der Waals surface area contributed by atoms with Crippen molar-refractivity contribution in [3.05, 3.63) is 48.0 Å². The van der Waals surface area contributed by atoms with Gasteiger partial charge in [-0.05, 0) is 12.1 Å². The number of amides is 1. The normalized spacial score (nSPS) is 14.1. The molecule has 110 valence electrons. The maximum Gasteiger partial charge on any atom is 0.244 e. The number of rotatable bonds is 2. The summed E-state index contributed by atoms with van der Waals surface area (Å²) in [6, 6.07) is 7.63. The third-order valence-corrected chi connectivity index (χ3v) is 3.92. The lowest BCUT2D eigenvalue weighted by molar-refractivity contribution is -0.132. The Morgan fingerprint density at radius 2 is 2.18 bits per heavy atom. The highest BCUT2D eigenvalue weighted by atomic mass is 16.2. The van der Waals surface area contributed by atoms with E-state index in [9.17, 15) is 4.79 Å². The van der Waals surface area contributed by atoms with Gasteiger partial charge in [0.1, 0.15) is 18.4 Å². The summed E-state index contributed by atoms with van der Waals surface area (Å²) in [4.78, 5) is 22.6. The van der Waals surface area contributed by atoms with Crippen LogP contribution in [0.4, 0.5) is 0 Å². The molecular formula is C15H14N6O. The molecule has 22 heavy (non-hydrogen) atoms. The maximum atomic E-state index is 12.5. The molecule has 0 saturated heterocycles. The molecule has 0 atom stereocenters. The third-order valence-electron chi connectivity index (χ3n) is 3.92. The Bertz CT molecular complexity index is 843. The SMILES string of the molecule is O=C(Cn1nnc2ccccc21)N1CCc2ncncc2C1. The van der Waals surface area contributed by atoms with Crippen molar-refractivity contribution >= 4 is 16.9 Å². The highest BCUT2D eigenvalue weighted by Crippen LogP contribution is 2.16. The molecule has 0 bridgehead atoms. The molecule has 0 radical (unpaired) electrons. The van der Waals surface area contributed by atoms with Gasteiger partial charge >= 0.3 is 0 Å². The van der Waals surface area contributed by atoms with Crippen molar-refractivity contribution in [3.63, 3.8) is 0 Å². The highest BCUT2D eigenvalue weighted by Gasteiger charge is 2.22. The predicted molar refractivity (Wildman–Crippen MR) is 78.7 cm³/mol. The van der Waals surface area contributed by atoms with Crippen LogP contribution >= 0.6 is 0 Å². The average molecular weight is 294 g/mol. The quantitative estimate of drug-likeness (QED) is 0.699. The molecule has 3 aromatic rings. The molecule has 4 rings (SSSR count). The summed E-state index contributed by atoms with van der Waals surface area (Å²) in [5, 5.41) is 8.14. The van der Waals surface area contributed by atoms with Crippen molar-refractivity contribution < 1.29 is 4.79 Å². The van der Waals surface area contributed by atoms with Crippen molar-refractivity contribution in [3.8, 4) is 0 Å². The molecule has 0 unspecified atom stereocenters. The zero-order valence-corrected chi connectivity index (χ0v) is 11.9. The van der Waals surface area contributed by atoms with E-state index in [0.717, 1.165) is 28.7 Å². The van der Waals surface area contributed by atoms with Gasteiger partial charge in [0.25, 0.3) is 0 Å². The molecule has 1 aromatic carbocycles. The van der Waals surface area contributed by atoms with E-state index in [2.05, 4.69) is 20.3 Å². The second kappa shape index (κ2) is 5.18. The van der Waals surface area contributed by atoms with Crippen LogP contribution in [0.1, 0.15) is 11.3 Å². The third kappa shape index (κ3) is 2.20. The van der Waals surface area contributed by atoms with Gasteiger partial charge in [-0.2, -0.15) is 0 Å². The molecule has 0 fully saturated rings. The molecule has 1 aliphatic rings. The zero-order chi connectivity index (χ0) is 14.9. The fourth-order valence-corrected chi connectivity index (χ4v) is 2.74. The summed E-state index contributed by atoms with van der Waals surface area (Å²) in [5.41, 5.74) is 3.72. The Morgan fingerprint density at radius 3 is 3.14 bits per heavy atom. The molecule has 0 spiro atoms. The molecule has 3 heterocycles. The number of fused-ring (bicyclic) bond motifs is 2. The van der Waals surface area contributed by atoms with E-state index >= 15 is 0 Å². The molecule has 0 aliphatic carbocycles. The summed E-state index contributed by atoms with van der Waals surface area (Å²) in [6.45, 7) is 1.43. The Balaban J connectivity index is 1.54. The van der Waals surface area contributed by atoms with E-state index < -0.39 is 0 Å². The van der Waals surface area contributed by atoms with Gasteiger partial charge in [0.15, 0.2) is 0 Å². The number of hydrogen-bond acceptors (Lipinski definition) is 5. The molecule has 0 saturated carbocycles. The van der Waals surface area contributed by atoms with E-state index in [-0.39, 0.29) is 12.5 Å². The van der Waals surface area contributed by atoms with Gasteiger partial charge in [-0.15, -0.1) is 5.10 Å². The number of aromatic nitrogens is 5. The lowest BCUT2D eigenvalue weighted by Crippen LogP contribution is -2.38. The zero-order valence-electron chi connectivity index (χ0n) is 11.9. The van der Waals surface area contributed by atoms with Gasteiger partial charge in [0.05, 0.1) is 11.2 Å². The van der Waals surface area contributed by atoms with Crippen LogP contribution in [0.15, 0.2) is 36.8 Å². The van der Waals surface area contributed by atoms with E-state index in [4.69, 9.17) is 0 Å². The fraction of sp³-hybridized carbons (Fsp3) is 0.267.